The summed E-state index contributed by atoms with van der Waals surface area (Å²) in [5.74, 6) is 1.31. The molecule has 0 fully saturated rings. The smallest absolute Gasteiger partial charge is 0.129 e. The van der Waals surface area contributed by atoms with Crippen LogP contribution in [0.1, 0.15) is 38.2 Å². The molecule has 3 nitrogen and oxygen atoms in total. The van der Waals surface area contributed by atoms with Gasteiger partial charge in [-0.2, -0.15) is 5.10 Å². The average Bonchev–Trinajstić information content (AvgIpc) is 2.72. The summed E-state index contributed by atoms with van der Waals surface area (Å²) in [6, 6.07) is 8.51. The van der Waals surface area contributed by atoms with Crippen molar-refractivity contribution in [3.05, 3.63) is 36.0 Å². The summed E-state index contributed by atoms with van der Waals surface area (Å²) in [4.78, 5) is 0. The second kappa shape index (κ2) is 5.25. The summed E-state index contributed by atoms with van der Waals surface area (Å²) in [5, 5.41) is 4.24. The predicted molar refractivity (Wildman–Crippen MR) is 76.4 cm³/mol. The summed E-state index contributed by atoms with van der Waals surface area (Å²) in [6.45, 7) is 4.47. The van der Waals surface area contributed by atoms with Crippen molar-refractivity contribution >= 4 is 5.82 Å². The second-order valence-electron chi connectivity index (χ2n) is 4.67. The van der Waals surface area contributed by atoms with Gasteiger partial charge in [0.15, 0.2) is 0 Å². The van der Waals surface area contributed by atoms with Gasteiger partial charge in [-0.15, -0.1) is 0 Å². The molecule has 0 saturated heterocycles. The molecule has 0 aliphatic rings. The highest BCUT2D eigenvalue weighted by atomic mass is 15.3. The molecule has 0 amide bonds. The Bertz CT molecular complexity index is 524. The van der Waals surface area contributed by atoms with Gasteiger partial charge in [0.25, 0.3) is 0 Å². The lowest BCUT2D eigenvalue weighted by Crippen LogP contribution is -2.01. The molecule has 1 aromatic carbocycles. The fourth-order valence-corrected chi connectivity index (χ4v) is 2.48. The topological polar surface area (TPSA) is 43.8 Å². The van der Waals surface area contributed by atoms with E-state index in [1.807, 2.05) is 13.2 Å². The summed E-state index contributed by atoms with van der Waals surface area (Å²) in [7, 11) is 1.87. The number of hydrogen-bond acceptors (Lipinski definition) is 2. The van der Waals surface area contributed by atoms with Crippen LogP contribution in [0.2, 0.25) is 0 Å². The van der Waals surface area contributed by atoms with Crippen molar-refractivity contribution in [3.63, 3.8) is 0 Å². The van der Waals surface area contributed by atoms with E-state index in [4.69, 9.17) is 5.73 Å². The molecule has 1 heterocycles. The molecule has 0 aliphatic carbocycles. The first-order chi connectivity index (χ1) is 8.69. The first kappa shape index (κ1) is 12.7. The Labute approximate surface area is 109 Å². The molecule has 18 heavy (non-hydrogen) atoms. The Morgan fingerprint density at radius 1 is 1.17 bits per heavy atom. The Morgan fingerprint density at radius 3 is 2.39 bits per heavy atom. The first-order valence-corrected chi connectivity index (χ1v) is 6.55. The highest BCUT2D eigenvalue weighted by molar-refractivity contribution is 5.76. The molecule has 0 bridgehead atoms. The van der Waals surface area contributed by atoms with Gasteiger partial charge in [-0.25, -0.2) is 0 Å². The predicted octanol–water partition coefficient (Wildman–Crippen LogP) is 3.57. The van der Waals surface area contributed by atoms with Crippen LogP contribution in [0, 0.1) is 0 Å². The maximum absolute atomic E-state index is 6.09. The lowest BCUT2D eigenvalue weighted by Gasteiger charge is -2.17. The molecule has 0 spiro atoms. The molecule has 2 aromatic rings. The molecule has 0 radical (unpaired) electrons. The number of anilines is 1. The van der Waals surface area contributed by atoms with E-state index in [1.54, 1.807) is 4.68 Å². The molecule has 0 atom stereocenters. The van der Waals surface area contributed by atoms with Crippen LogP contribution in [-0.4, -0.2) is 9.78 Å². The van der Waals surface area contributed by atoms with Crippen LogP contribution in [0.4, 0.5) is 5.82 Å². The minimum absolute atomic E-state index is 0.584. The molecule has 0 saturated carbocycles. The maximum Gasteiger partial charge on any atom is 0.129 e. The molecule has 2 rings (SSSR count). The fourth-order valence-electron chi connectivity index (χ4n) is 2.48. The molecule has 0 aliphatic heterocycles. The summed E-state index contributed by atoms with van der Waals surface area (Å²) in [6.07, 6.45) is 4.15. The fraction of sp³-hybridized carbons (Fsp3) is 0.400. The number of aryl methyl sites for hydroxylation is 1. The third-order valence-electron chi connectivity index (χ3n) is 3.66. The number of nitrogens with two attached hydrogens (primary N) is 1. The highest BCUT2D eigenvalue weighted by Crippen LogP contribution is 2.35. The molecule has 1 aromatic heterocycles. The number of nitrogens with zero attached hydrogens (tertiary/aromatic N) is 2. The Morgan fingerprint density at radius 2 is 1.83 bits per heavy atom. The molecule has 3 heteroatoms. The third kappa shape index (κ3) is 2.13. The second-order valence-corrected chi connectivity index (χ2v) is 4.67. The Kier molecular flexibility index (Phi) is 3.70. The normalized spacial score (nSPS) is 11.1. The standard InChI is InChI=1S/C15H21N3/c1-4-11(5-2)12-8-6-7-9-13(12)14-10-17-18(3)15(14)16/h6-11H,4-5,16H2,1-3H3. The SMILES string of the molecule is CCC(CC)c1ccccc1-c1cnn(C)c1N. The number of hydrogen-bond donors (Lipinski definition) is 1. The van der Waals surface area contributed by atoms with Crippen molar-refractivity contribution in [2.24, 2.45) is 7.05 Å². The van der Waals surface area contributed by atoms with Crippen LogP contribution in [0.15, 0.2) is 30.5 Å². The minimum atomic E-state index is 0.584. The third-order valence-corrected chi connectivity index (χ3v) is 3.66. The quantitative estimate of drug-likeness (QED) is 0.892. The lowest BCUT2D eigenvalue weighted by molar-refractivity contribution is 0.643. The first-order valence-electron chi connectivity index (χ1n) is 6.55. The molecule has 0 unspecified atom stereocenters. The van der Waals surface area contributed by atoms with Gasteiger partial charge in [-0.3, -0.25) is 4.68 Å². The van der Waals surface area contributed by atoms with Crippen LogP contribution in [0.3, 0.4) is 0 Å². The Balaban J connectivity index is 2.54. The molecule has 96 valence electrons. The molecular formula is C15H21N3. The summed E-state index contributed by atoms with van der Waals surface area (Å²) < 4.78 is 1.72. The van der Waals surface area contributed by atoms with E-state index in [9.17, 15) is 0 Å². The van der Waals surface area contributed by atoms with Gasteiger partial charge in [0.1, 0.15) is 5.82 Å². The van der Waals surface area contributed by atoms with Crippen LogP contribution < -0.4 is 5.73 Å². The lowest BCUT2D eigenvalue weighted by atomic mass is 9.88. The van der Waals surface area contributed by atoms with Crippen LogP contribution in [-0.2, 0) is 7.05 Å². The van der Waals surface area contributed by atoms with E-state index in [0.717, 1.165) is 24.2 Å². The highest BCUT2D eigenvalue weighted by Gasteiger charge is 2.15. The maximum atomic E-state index is 6.09. The van der Waals surface area contributed by atoms with Crippen LogP contribution in [0.25, 0.3) is 11.1 Å². The van der Waals surface area contributed by atoms with E-state index in [-0.39, 0.29) is 0 Å². The summed E-state index contributed by atoms with van der Waals surface area (Å²) >= 11 is 0. The van der Waals surface area contributed by atoms with Crippen LogP contribution >= 0.6 is 0 Å². The van der Waals surface area contributed by atoms with Crippen molar-refractivity contribution in [3.8, 4) is 11.1 Å². The van der Waals surface area contributed by atoms with E-state index in [1.165, 1.54) is 11.1 Å². The van der Waals surface area contributed by atoms with Crippen molar-refractivity contribution in [1.29, 1.82) is 0 Å². The van der Waals surface area contributed by atoms with E-state index in [0.29, 0.717) is 5.92 Å². The van der Waals surface area contributed by atoms with Gasteiger partial charge in [-0.1, -0.05) is 38.1 Å². The van der Waals surface area contributed by atoms with Gasteiger partial charge in [0, 0.05) is 12.6 Å². The van der Waals surface area contributed by atoms with Crippen molar-refractivity contribution in [2.75, 3.05) is 5.73 Å². The Hall–Kier alpha value is -1.77. The zero-order valence-corrected chi connectivity index (χ0v) is 11.4. The van der Waals surface area contributed by atoms with Gasteiger partial charge in [0.05, 0.1) is 6.20 Å². The van der Waals surface area contributed by atoms with E-state index >= 15 is 0 Å². The van der Waals surface area contributed by atoms with Gasteiger partial charge >= 0.3 is 0 Å². The number of aromatic nitrogens is 2. The van der Waals surface area contributed by atoms with Crippen molar-refractivity contribution < 1.29 is 0 Å². The molecular weight excluding hydrogens is 222 g/mol. The number of benzene rings is 1. The van der Waals surface area contributed by atoms with Crippen molar-refractivity contribution in [1.82, 2.24) is 9.78 Å². The van der Waals surface area contributed by atoms with Gasteiger partial charge in [0.2, 0.25) is 0 Å². The molecule has 2 N–H and O–H groups in total. The van der Waals surface area contributed by atoms with E-state index < -0.39 is 0 Å². The number of nitrogen functional groups attached to an aromatic ring is 1. The largest absolute Gasteiger partial charge is 0.383 e. The zero-order valence-electron chi connectivity index (χ0n) is 11.4. The monoisotopic (exact) mass is 243 g/mol. The minimum Gasteiger partial charge on any atom is -0.383 e. The average molecular weight is 243 g/mol. The van der Waals surface area contributed by atoms with Crippen LogP contribution in [0.5, 0.6) is 0 Å². The zero-order chi connectivity index (χ0) is 13.1. The number of rotatable bonds is 4. The van der Waals surface area contributed by atoms with Gasteiger partial charge < -0.3 is 5.73 Å². The van der Waals surface area contributed by atoms with Crippen molar-refractivity contribution in [2.45, 2.75) is 32.6 Å². The van der Waals surface area contributed by atoms with E-state index in [2.05, 4.69) is 43.2 Å². The van der Waals surface area contributed by atoms with Gasteiger partial charge in [-0.05, 0) is 29.9 Å². The summed E-state index contributed by atoms with van der Waals surface area (Å²) in [5.41, 5.74) is 9.72.